The summed E-state index contributed by atoms with van der Waals surface area (Å²) in [5.74, 6) is 2.49. The van der Waals surface area contributed by atoms with Crippen LogP contribution in [0.1, 0.15) is 32.6 Å². The number of aliphatic hydroxyl groups excluding tert-OH is 1. The second-order valence-corrected chi connectivity index (χ2v) is 4.90. The lowest BCUT2D eigenvalue weighted by atomic mass is 9.77. The lowest BCUT2D eigenvalue weighted by Crippen LogP contribution is -2.44. The lowest BCUT2D eigenvalue weighted by Gasteiger charge is -2.40. The Morgan fingerprint density at radius 3 is 2.67 bits per heavy atom. The number of amides is 1. The van der Waals surface area contributed by atoms with Crippen LogP contribution in [0.2, 0.25) is 0 Å². The van der Waals surface area contributed by atoms with Crippen LogP contribution in [0.3, 0.4) is 0 Å². The second-order valence-electron chi connectivity index (χ2n) is 4.90. The van der Waals surface area contributed by atoms with Gasteiger partial charge in [0.1, 0.15) is 6.61 Å². The third-order valence-corrected chi connectivity index (χ3v) is 3.91. The van der Waals surface area contributed by atoms with Crippen molar-refractivity contribution >= 4 is 5.91 Å². The third kappa shape index (κ3) is 4.01. The van der Waals surface area contributed by atoms with Crippen LogP contribution >= 0.6 is 0 Å². The largest absolute Gasteiger partial charge is 0.396 e. The summed E-state index contributed by atoms with van der Waals surface area (Å²) in [7, 11) is 0. The summed E-state index contributed by atoms with van der Waals surface area (Å²) in [4.78, 5) is 13.7. The van der Waals surface area contributed by atoms with E-state index < -0.39 is 0 Å². The average molecular weight is 253 g/mol. The minimum absolute atomic E-state index is 0.0246. The molecule has 1 heterocycles. The molecule has 0 aliphatic carbocycles. The summed E-state index contributed by atoms with van der Waals surface area (Å²) < 4.78 is 5.10. The highest BCUT2D eigenvalue weighted by atomic mass is 16.5. The SMILES string of the molecule is C#CCOCCC(=O)N1CCC(CC)(CO)CC1. The highest BCUT2D eigenvalue weighted by Gasteiger charge is 2.33. The lowest BCUT2D eigenvalue weighted by molar-refractivity contribution is -0.135. The van der Waals surface area contributed by atoms with Gasteiger partial charge in [0.2, 0.25) is 5.91 Å². The van der Waals surface area contributed by atoms with Crippen LogP contribution in [0.4, 0.5) is 0 Å². The minimum atomic E-state index is 0.0246. The van der Waals surface area contributed by atoms with Crippen LogP contribution in [0.15, 0.2) is 0 Å². The summed E-state index contributed by atoms with van der Waals surface area (Å²) in [5.41, 5.74) is 0.0246. The van der Waals surface area contributed by atoms with Gasteiger partial charge in [0, 0.05) is 19.7 Å². The predicted octanol–water partition coefficient (Wildman–Crippen LogP) is 1.04. The standard InChI is InChI=1S/C14H23NO3/c1-3-10-18-11-5-13(17)15-8-6-14(4-2,12-16)7-9-15/h1,16H,4-12H2,2H3. The molecule has 0 unspecified atom stereocenters. The van der Waals surface area contributed by atoms with E-state index in [4.69, 9.17) is 11.2 Å². The van der Waals surface area contributed by atoms with E-state index in [1.165, 1.54) is 0 Å². The zero-order valence-corrected chi connectivity index (χ0v) is 11.2. The fourth-order valence-electron chi connectivity index (χ4n) is 2.30. The quantitative estimate of drug-likeness (QED) is 0.568. The van der Waals surface area contributed by atoms with Gasteiger partial charge in [-0.25, -0.2) is 0 Å². The number of aliphatic hydroxyl groups is 1. The zero-order valence-electron chi connectivity index (χ0n) is 11.2. The summed E-state index contributed by atoms with van der Waals surface area (Å²) in [5, 5.41) is 9.42. The summed E-state index contributed by atoms with van der Waals surface area (Å²) in [6.45, 7) is 4.44. The monoisotopic (exact) mass is 253 g/mol. The molecule has 0 saturated carbocycles. The molecule has 4 heteroatoms. The minimum Gasteiger partial charge on any atom is -0.396 e. The van der Waals surface area contributed by atoms with Gasteiger partial charge in [-0.05, 0) is 24.7 Å². The fourth-order valence-corrected chi connectivity index (χ4v) is 2.30. The Bertz CT molecular complexity index is 295. The van der Waals surface area contributed by atoms with Crippen molar-refractivity contribution in [1.82, 2.24) is 4.90 Å². The number of nitrogens with zero attached hydrogens (tertiary/aromatic N) is 1. The van der Waals surface area contributed by atoms with Crippen molar-refractivity contribution < 1.29 is 14.6 Å². The van der Waals surface area contributed by atoms with Crippen molar-refractivity contribution in [2.75, 3.05) is 32.9 Å². The van der Waals surface area contributed by atoms with Crippen LogP contribution < -0.4 is 0 Å². The van der Waals surface area contributed by atoms with E-state index in [2.05, 4.69) is 12.8 Å². The van der Waals surface area contributed by atoms with Gasteiger partial charge in [0.05, 0.1) is 13.0 Å². The molecule has 0 aromatic carbocycles. The normalized spacial score (nSPS) is 18.4. The Morgan fingerprint density at radius 2 is 2.17 bits per heavy atom. The Balaban J connectivity index is 2.30. The smallest absolute Gasteiger partial charge is 0.224 e. The first-order valence-corrected chi connectivity index (χ1v) is 6.57. The maximum Gasteiger partial charge on any atom is 0.224 e. The van der Waals surface area contributed by atoms with Gasteiger partial charge in [0.15, 0.2) is 0 Å². The fraction of sp³-hybridized carbons (Fsp3) is 0.786. The number of hydrogen-bond donors (Lipinski definition) is 1. The number of hydrogen-bond acceptors (Lipinski definition) is 3. The maximum absolute atomic E-state index is 11.9. The first kappa shape index (κ1) is 15.0. The van der Waals surface area contributed by atoms with E-state index in [0.29, 0.717) is 13.0 Å². The number of rotatable bonds is 6. The molecule has 1 aliphatic heterocycles. The molecular formula is C14H23NO3. The number of ether oxygens (including phenoxy) is 1. The van der Waals surface area contributed by atoms with E-state index >= 15 is 0 Å². The first-order chi connectivity index (χ1) is 8.67. The summed E-state index contributed by atoms with van der Waals surface area (Å²) in [6.07, 6.45) is 8.18. The second kappa shape index (κ2) is 7.40. The Morgan fingerprint density at radius 1 is 1.50 bits per heavy atom. The van der Waals surface area contributed by atoms with Crippen LogP contribution in [0.25, 0.3) is 0 Å². The summed E-state index contributed by atoms with van der Waals surface area (Å²) in [6, 6.07) is 0. The first-order valence-electron chi connectivity index (χ1n) is 6.57. The van der Waals surface area contributed by atoms with E-state index in [1.807, 2.05) is 4.90 Å². The molecule has 18 heavy (non-hydrogen) atoms. The molecule has 0 atom stereocenters. The Labute approximate surface area is 109 Å². The maximum atomic E-state index is 11.9. The van der Waals surface area contributed by atoms with E-state index in [1.54, 1.807) is 0 Å². The zero-order chi connectivity index (χ0) is 13.4. The van der Waals surface area contributed by atoms with Crippen molar-refractivity contribution in [2.45, 2.75) is 32.6 Å². The average Bonchev–Trinajstić information content (AvgIpc) is 2.43. The van der Waals surface area contributed by atoms with Crippen molar-refractivity contribution in [1.29, 1.82) is 0 Å². The van der Waals surface area contributed by atoms with Gasteiger partial charge < -0.3 is 14.7 Å². The third-order valence-electron chi connectivity index (χ3n) is 3.91. The molecule has 4 nitrogen and oxygen atoms in total. The Hall–Kier alpha value is -1.05. The molecule has 0 bridgehead atoms. The van der Waals surface area contributed by atoms with E-state index in [-0.39, 0.29) is 24.5 Å². The highest BCUT2D eigenvalue weighted by molar-refractivity contribution is 5.76. The van der Waals surface area contributed by atoms with Crippen LogP contribution in [0.5, 0.6) is 0 Å². The van der Waals surface area contributed by atoms with Gasteiger partial charge in [-0.1, -0.05) is 12.8 Å². The molecule has 0 aromatic rings. The predicted molar refractivity (Wildman–Crippen MR) is 69.9 cm³/mol. The van der Waals surface area contributed by atoms with E-state index in [0.717, 1.165) is 32.4 Å². The van der Waals surface area contributed by atoms with Crippen molar-refractivity contribution in [3.8, 4) is 12.3 Å². The molecular weight excluding hydrogens is 230 g/mol. The number of likely N-dealkylation sites (tertiary alicyclic amines) is 1. The number of terminal acetylenes is 1. The highest BCUT2D eigenvalue weighted by Crippen LogP contribution is 2.34. The molecule has 1 saturated heterocycles. The molecule has 0 spiro atoms. The van der Waals surface area contributed by atoms with Crippen molar-refractivity contribution in [3.05, 3.63) is 0 Å². The number of carbonyl (C=O) groups is 1. The topological polar surface area (TPSA) is 49.8 Å². The van der Waals surface area contributed by atoms with Gasteiger partial charge in [-0.2, -0.15) is 0 Å². The molecule has 1 amide bonds. The number of carbonyl (C=O) groups excluding carboxylic acids is 1. The molecule has 0 aromatic heterocycles. The van der Waals surface area contributed by atoms with Crippen molar-refractivity contribution in [3.63, 3.8) is 0 Å². The molecule has 1 fully saturated rings. The van der Waals surface area contributed by atoms with Gasteiger partial charge >= 0.3 is 0 Å². The van der Waals surface area contributed by atoms with Crippen LogP contribution in [0, 0.1) is 17.8 Å². The van der Waals surface area contributed by atoms with Gasteiger partial charge in [0.25, 0.3) is 0 Å². The molecule has 1 rings (SSSR count). The van der Waals surface area contributed by atoms with Crippen LogP contribution in [-0.4, -0.2) is 48.8 Å². The van der Waals surface area contributed by atoms with Crippen molar-refractivity contribution in [2.24, 2.45) is 5.41 Å². The van der Waals surface area contributed by atoms with Gasteiger partial charge in [-0.15, -0.1) is 6.42 Å². The number of piperidine rings is 1. The van der Waals surface area contributed by atoms with E-state index in [9.17, 15) is 9.90 Å². The van der Waals surface area contributed by atoms with Gasteiger partial charge in [-0.3, -0.25) is 4.79 Å². The molecule has 0 radical (unpaired) electrons. The summed E-state index contributed by atoms with van der Waals surface area (Å²) >= 11 is 0. The Kier molecular flexibility index (Phi) is 6.17. The molecule has 1 aliphatic rings. The molecule has 1 N–H and O–H groups in total. The molecule has 102 valence electrons. The van der Waals surface area contributed by atoms with Crippen LogP contribution in [-0.2, 0) is 9.53 Å².